The van der Waals surface area contributed by atoms with E-state index in [0.717, 1.165) is 19.6 Å². The Balaban J connectivity index is 4.54. The fourth-order valence-electron chi connectivity index (χ4n) is 11.5. The SMILES string of the molecule is C/C=C/C[C@H](C)C(OC(=O)OCOC(=O)C(N)CC(=O)O)C1C(=O)NC(CC)C(=O)N(C)CC(=O)N(C)[C@@H](CC(C)C)C(=O)NC(C(C)C)C(=O)N(C)C(CC(C)C)C(=O)NC(C)C(=O)NC(C)C(=O)N(C)C(CC(C)C)C(=O)N(C)C(CC(C)C)C(=O)N(C)C(C(C)C)C(=O)N1C. The molecule has 30 heteroatoms. The van der Waals surface area contributed by atoms with Crippen molar-refractivity contribution in [3.05, 3.63) is 12.2 Å². The number of carboxylic acid groups (broad SMARTS) is 1. The molecule has 0 radical (unpaired) electrons. The van der Waals surface area contributed by atoms with Gasteiger partial charge in [-0.15, -0.1) is 0 Å². The van der Waals surface area contributed by atoms with Crippen LogP contribution in [0.3, 0.4) is 0 Å². The fourth-order valence-corrected chi connectivity index (χ4v) is 11.5. The van der Waals surface area contributed by atoms with E-state index >= 15 is 19.2 Å². The summed E-state index contributed by atoms with van der Waals surface area (Å²) in [6, 6.07) is -15.1. The molecular formula is C68H118N12O18. The van der Waals surface area contributed by atoms with Crippen LogP contribution in [0.25, 0.3) is 0 Å². The number of nitrogens with two attached hydrogens (primary N) is 1. The van der Waals surface area contributed by atoms with Gasteiger partial charge >= 0.3 is 18.1 Å². The Morgan fingerprint density at radius 2 is 0.980 bits per heavy atom. The van der Waals surface area contributed by atoms with E-state index in [1.54, 1.807) is 60.6 Å². The second-order valence-electron chi connectivity index (χ2n) is 28.4. The van der Waals surface area contributed by atoms with Gasteiger partial charge in [-0.1, -0.05) is 109 Å². The lowest BCUT2D eigenvalue weighted by atomic mass is 9.91. The summed E-state index contributed by atoms with van der Waals surface area (Å²) in [5, 5.41) is 20.0. The van der Waals surface area contributed by atoms with Gasteiger partial charge < -0.3 is 80.6 Å². The first kappa shape index (κ1) is 88.1. The van der Waals surface area contributed by atoms with Crippen LogP contribution in [0.2, 0.25) is 0 Å². The Morgan fingerprint density at radius 1 is 0.531 bits per heavy atom. The molecule has 1 aliphatic rings. The number of carboxylic acids is 1. The predicted octanol–water partition coefficient (Wildman–Crippen LogP) is 2.73. The minimum atomic E-state index is -1.89. The Hall–Kier alpha value is -7.92. The molecule has 1 saturated heterocycles. The van der Waals surface area contributed by atoms with Crippen LogP contribution in [-0.4, -0.2) is 258 Å². The van der Waals surface area contributed by atoms with E-state index in [9.17, 15) is 47.9 Å². The summed E-state index contributed by atoms with van der Waals surface area (Å²) in [6.45, 7) is 27.2. The number of ether oxygens (including phenoxy) is 3. The maximum Gasteiger partial charge on any atom is 0.511 e. The topological polar surface area (TPSA) is 384 Å². The largest absolute Gasteiger partial charge is 0.511 e. The molecule has 98 heavy (non-hydrogen) atoms. The molecule has 0 aromatic rings. The summed E-state index contributed by atoms with van der Waals surface area (Å²) in [5.74, 6) is -14.1. The highest BCUT2D eigenvalue weighted by Gasteiger charge is 2.47. The van der Waals surface area contributed by atoms with Gasteiger partial charge in [-0.05, 0) is 101 Å². The van der Waals surface area contributed by atoms with Crippen LogP contribution in [0.4, 0.5) is 4.79 Å². The quantitative estimate of drug-likeness (QED) is 0.0546. The van der Waals surface area contributed by atoms with Gasteiger partial charge in [0, 0.05) is 49.3 Å². The van der Waals surface area contributed by atoms with Crippen LogP contribution < -0.4 is 27.0 Å². The van der Waals surface area contributed by atoms with Crippen LogP contribution >= 0.6 is 0 Å². The van der Waals surface area contributed by atoms with Gasteiger partial charge in [-0.3, -0.25) is 62.3 Å². The monoisotopic (exact) mass is 1390 g/mol. The lowest BCUT2D eigenvalue weighted by Crippen LogP contribution is -2.64. The van der Waals surface area contributed by atoms with Gasteiger partial charge in [-0.25, -0.2) is 4.79 Å². The number of amides is 11. The average molecular weight is 1390 g/mol. The molecule has 0 bridgehead atoms. The molecule has 1 fully saturated rings. The molecule has 0 aliphatic carbocycles. The molecular weight excluding hydrogens is 1270 g/mol. The molecule has 13 atom stereocenters. The zero-order valence-corrected chi connectivity index (χ0v) is 62.6. The summed E-state index contributed by atoms with van der Waals surface area (Å²) in [5.41, 5.74) is 5.63. The number of carbonyl (C=O) groups is 14. The third-order valence-electron chi connectivity index (χ3n) is 17.3. The van der Waals surface area contributed by atoms with Crippen LogP contribution in [0.5, 0.6) is 0 Å². The zero-order chi connectivity index (χ0) is 75.8. The van der Waals surface area contributed by atoms with Crippen molar-refractivity contribution < 1.29 is 86.4 Å². The third-order valence-corrected chi connectivity index (χ3v) is 17.3. The standard InChI is InChI=1S/C68H118N12O18/c1-25-27-28-42(15)56(98-68(95)97-35-96-67(94)45(69)33-52(82)83)55-60(87)72-46(26-2)62(89)74(18)34-51(81)75(19)47(29-36(3)4)59(86)73-53(40(11)12)65(92)76(20)48(30-37(5)6)58(85)70-43(16)57(84)71-44(17)61(88)77(21)49(31-38(7)8)63(90)78(22)50(32-39(9)10)64(91)79(23)54(41(13)14)66(93)80(55)24/h25,27,36-50,53-56H,26,28-35,69H2,1-24H3,(H,70,85)(H,71,84)(H,72,87)(H,73,86)(H,82,83)/b27-25+/t42-,43?,44?,45?,46?,47-,48?,49?,50?,53?,54?,55?,56?/m0/s1. The van der Waals surface area contributed by atoms with Gasteiger partial charge in [0.1, 0.15) is 72.6 Å². The number of nitrogens with one attached hydrogen (secondary N) is 4. The van der Waals surface area contributed by atoms with E-state index in [1.165, 1.54) is 77.9 Å². The Morgan fingerprint density at radius 3 is 1.45 bits per heavy atom. The highest BCUT2D eigenvalue weighted by molar-refractivity contribution is 6.00. The minimum Gasteiger partial charge on any atom is -0.481 e. The van der Waals surface area contributed by atoms with Gasteiger partial charge in [-0.2, -0.15) is 0 Å². The number of aliphatic carboxylic acids is 1. The second kappa shape index (κ2) is 40.8. The molecule has 0 aromatic carbocycles. The summed E-state index contributed by atoms with van der Waals surface area (Å²) in [7, 11) is 9.45. The maximum absolute atomic E-state index is 15.6. The molecule has 558 valence electrons. The molecule has 11 unspecified atom stereocenters. The normalized spacial score (nSPS) is 25.0. The Kier molecular flexibility index (Phi) is 36.7. The summed E-state index contributed by atoms with van der Waals surface area (Å²) >= 11 is 0. The smallest absolute Gasteiger partial charge is 0.481 e. The molecule has 0 aromatic heterocycles. The van der Waals surface area contributed by atoms with Gasteiger partial charge in [0.2, 0.25) is 71.8 Å². The summed E-state index contributed by atoms with van der Waals surface area (Å²) in [6.07, 6.45) is -0.368. The van der Waals surface area contributed by atoms with Crippen molar-refractivity contribution in [2.24, 2.45) is 47.2 Å². The Bertz CT molecular complexity index is 2790. The maximum atomic E-state index is 15.6. The number of carbonyl (C=O) groups excluding carboxylic acids is 13. The predicted molar refractivity (Wildman–Crippen MR) is 365 cm³/mol. The van der Waals surface area contributed by atoms with Crippen LogP contribution in [0.15, 0.2) is 12.2 Å². The zero-order valence-electron chi connectivity index (χ0n) is 62.6. The van der Waals surface area contributed by atoms with Gasteiger partial charge in [0.15, 0.2) is 0 Å². The molecule has 1 aliphatic heterocycles. The van der Waals surface area contributed by atoms with Crippen molar-refractivity contribution in [3.63, 3.8) is 0 Å². The molecule has 11 amide bonds. The highest BCUT2D eigenvalue weighted by atomic mass is 16.8. The third kappa shape index (κ3) is 26.1. The number of esters is 1. The number of hydrogen-bond donors (Lipinski definition) is 6. The molecule has 0 spiro atoms. The van der Waals surface area contributed by atoms with Crippen LogP contribution in [0.1, 0.15) is 163 Å². The molecule has 7 N–H and O–H groups in total. The van der Waals surface area contributed by atoms with E-state index in [4.69, 9.17) is 25.1 Å². The lowest BCUT2D eigenvalue weighted by molar-refractivity contribution is -0.161. The van der Waals surface area contributed by atoms with E-state index < -0.39 is 193 Å². The first-order valence-electron chi connectivity index (χ1n) is 33.9. The summed E-state index contributed by atoms with van der Waals surface area (Å²) < 4.78 is 15.9. The van der Waals surface area contributed by atoms with E-state index in [2.05, 4.69) is 21.3 Å². The van der Waals surface area contributed by atoms with Crippen molar-refractivity contribution in [2.75, 3.05) is 62.7 Å². The number of hydrogen-bond acceptors (Lipinski definition) is 18. The Labute approximate surface area is 580 Å². The lowest BCUT2D eigenvalue weighted by Gasteiger charge is -2.42. The van der Waals surface area contributed by atoms with Crippen molar-refractivity contribution in [2.45, 2.75) is 235 Å². The van der Waals surface area contributed by atoms with Gasteiger partial charge in [0.25, 0.3) is 0 Å². The van der Waals surface area contributed by atoms with Crippen molar-refractivity contribution in [3.8, 4) is 0 Å². The first-order chi connectivity index (χ1) is 45.3. The van der Waals surface area contributed by atoms with Crippen LogP contribution in [0, 0.1) is 41.4 Å². The molecule has 1 rings (SSSR count). The number of rotatable bonds is 21. The number of allylic oxidation sites excluding steroid dienone is 2. The number of likely N-dealkylation sites (N-methyl/N-ethyl adjacent to an activating group) is 7. The molecule has 30 nitrogen and oxygen atoms in total. The highest BCUT2D eigenvalue weighted by Crippen LogP contribution is 2.27. The average Bonchev–Trinajstić information content (AvgIpc) is 0.799. The van der Waals surface area contributed by atoms with Crippen molar-refractivity contribution in [1.29, 1.82) is 0 Å². The van der Waals surface area contributed by atoms with E-state index in [1.807, 2.05) is 55.4 Å². The minimum absolute atomic E-state index is 0.0469. The van der Waals surface area contributed by atoms with Crippen molar-refractivity contribution in [1.82, 2.24) is 55.6 Å². The summed E-state index contributed by atoms with van der Waals surface area (Å²) in [4.78, 5) is 208. The van der Waals surface area contributed by atoms with Gasteiger partial charge in [0.05, 0.1) is 13.0 Å². The number of nitrogens with zero attached hydrogens (tertiary/aromatic N) is 7. The first-order valence-corrected chi connectivity index (χ1v) is 33.9. The van der Waals surface area contributed by atoms with E-state index in [0.29, 0.717) is 0 Å². The van der Waals surface area contributed by atoms with Crippen molar-refractivity contribution >= 4 is 83.1 Å². The fraction of sp³-hybridized carbons (Fsp3) is 0.765. The second-order valence-corrected chi connectivity index (χ2v) is 28.4. The molecule has 1 heterocycles. The molecule has 0 saturated carbocycles. The van der Waals surface area contributed by atoms with Crippen LogP contribution in [-0.2, 0) is 76.5 Å². The van der Waals surface area contributed by atoms with E-state index in [-0.39, 0.29) is 62.2 Å².